The molecule has 110 valence electrons. The molecule has 21 heavy (non-hydrogen) atoms. The van der Waals surface area contributed by atoms with E-state index in [0.717, 1.165) is 28.6 Å². The molecule has 1 unspecified atom stereocenters. The first-order valence-electron chi connectivity index (χ1n) is 7.06. The van der Waals surface area contributed by atoms with Crippen LogP contribution in [0.4, 0.5) is 4.39 Å². The van der Waals surface area contributed by atoms with Gasteiger partial charge in [-0.15, -0.1) is 0 Å². The highest BCUT2D eigenvalue weighted by molar-refractivity contribution is 9.10. The minimum absolute atomic E-state index is 0.194. The monoisotopic (exact) mass is 349 g/mol. The number of ether oxygens (including phenoxy) is 1. The van der Waals surface area contributed by atoms with Gasteiger partial charge in [0.25, 0.3) is 0 Å². The van der Waals surface area contributed by atoms with E-state index in [2.05, 4.69) is 21.2 Å². The zero-order valence-corrected chi connectivity index (χ0v) is 13.4. The fraction of sp³-hybridized carbons (Fsp3) is 0.294. The van der Waals surface area contributed by atoms with Gasteiger partial charge in [0.15, 0.2) is 0 Å². The second kappa shape index (κ2) is 6.16. The Labute approximate surface area is 132 Å². The second-order valence-electron chi connectivity index (χ2n) is 5.28. The second-order valence-corrected chi connectivity index (χ2v) is 6.19. The van der Waals surface area contributed by atoms with E-state index in [4.69, 9.17) is 4.74 Å². The lowest BCUT2D eigenvalue weighted by atomic mass is 9.98. The van der Waals surface area contributed by atoms with E-state index in [1.165, 1.54) is 6.07 Å². The Bertz CT molecular complexity index is 642. The van der Waals surface area contributed by atoms with Gasteiger partial charge in [-0.2, -0.15) is 0 Å². The summed E-state index contributed by atoms with van der Waals surface area (Å²) in [5.74, 6) is 0.630. The van der Waals surface area contributed by atoms with Crippen LogP contribution in [0.5, 0.6) is 5.75 Å². The topological polar surface area (TPSA) is 21.3 Å². The molecule has 2 aromatic rings. The molecule has 0 heterocycles. The summed E-state index contributed by atoms with van der Waals surface area (Å²) in [6.07, 6.45) is 2.61. The molecule has 0 radical (unpaired) electrons. The zero-order chi connectivity index (χ0) is 14.8. The van der Waals surface area contributed by atoms with Crippen LogP contribution in [0.3, 0.4) is 0 Å². The van der Waals surface area contributed by atoms with Gasteiger partial charge in [-0.25, -0.2) is 4.39 Å². The number of nitrogens with one attached hydrogen (secondary N) is 1. The molecule has 0 aromatic heterocycles. The van der Waals surface area contributed by atoms with Crippen LogP contribution in [0, 0.1) is 5.82 Å². The molecule has 0 amide bonds. The summed E-state index contributed by atoms with van der Waals surface area (Å²) >= 11 is 3.29. The van der Waals surface area contributed by atoms with Gasteiger partial charge in [0.1, 0.15) is 11.6 Å². The van der Waals surface area contributed by atoms with Gasteiger partial charge in [-0.1, -0.05) is 34.1 Å². The van der Waals surface area contributed by atoms with Crippen LogP contribution < -0.4 is 10.1 Å². The normalized spacial score (nSPS) is 15.8. The van der Waals surface area contributed by atoms with E-state index in [-0.39, 0.29) is 11.9 Å². The minimum atomic E-state index is -0.225. The van der Waals surface area contributed by atoms with E-state index in [0.29, 0.717) is 11.7 Å². The van der Waals surface area contributed by atoms with Crippen LogP contribution in [-0.2, 0) is 0 Å². The summed E-state index contributed by atoms with van der Waals surface area (Å²) in [7, 11) is 1.83. The van der Waals surface area contributed by atoms with Gasteiger partial charge in [0.05, 0.1) is 12.1 Å². The highest BCUT2D eigenvalue weighted by Crippen LogP contribution is 2.31. The third-order valence-corrected chi connectivity index (χ3v) is 4.07. The van der Waals surface area contributed by atoms with E-state index in [1.807, 2.05) is 37.4 Å². The van der Waals surface area contributed by atoms with E-state index in [9.17, 15) is 4.39 Å². The van der Waals surface area contributed by atoms with Crippen molar-refractivity contribution >= 4 is 15.9 Å². The van der Waals surface area contributed by atoms with Crippen molar-refractivity contribution in [2.45, 2.75) is 25.0 Å². The average Bonchev–Trinajstić information content (AvgIpc) is 3.26. The van der Waals surface area contributed by atoms with E-state index >= 15 is 0 Å². The Morgan fingerprint density at radius 2 is 2.05 bits per heavy atom. The predicted molar refractivity (Wildman–Crippen MR) is 85.1 cm³/mol. The molecule has 2 nitrogen and oxygen atoms in total. The number of rotatable bonds is 5. The molecular weight excluding hydrogens is 333 g/mol. The Morgan fingerprint density at radius 3 is 2.71 bits per heavy atom. The largest absolute Gasteiger partial charge is 0.490 e. The fourth-order valence-electron chi connectivity index (χ4n) is 2.38. The molecule has 4 heteroatoms. The van der Waals surface area contributed by atoms with Crippen molar-refractivity contribution in [1.82, 2.24) is 5.32 Å². The summed E-state index contributed by atoms with van der Waals surface area (Å²) in [5.41, 5.74) is 1.63. The third-order valence-electron chi connectivity index (χ3n) is 3.58. The quantitative estimate of drug-likeness (QED) is 0.861. The summed E-state index contributed by atoms with van der Waals surface area (Å²) in [6.45, 7) is 0. The van der Waals surface area contributed by atoms with Crippen LogP contribution in [0.15, 0.2) is 46.9 Å². The molecule has 0 spiro atoms. The molecule has 1 saturated carbocycles. The highest BCUT2D eigenvalue weighted by atomic mass is 79.9. The maximum atomic E-state index is 14.2. The highest BCUT2D eigenvalue weighted by Gasteiger charge is 2.24. The van der Waals surface area contributed by atoms with Gasteiger partial charge in [0.2, 0.25) is 0 Å². The number of benzene rings is 2. The molecule has 1 atom stereocenters. The van der Waals surface area contributed by atoms with Crippen molar-refractivity contribution in [3.8, 4) is 5.75 Å². The molecule has 1 N–H and O–H groups in total. The molecule has 0 saturated heterocycles. The fourth-order valence-corrected chi connectivity index (χ4v) is 2.72. The van der Waals surface area contributed by atoms with Crippen LogP contribution in [-0.4, -0.2) is 13.2 Å². The molecule has 1 aliphatic rings. The maximum Gasteiger partial charge on any atom is 0.129 e. The number of hydrogen-bond donors (Lipinski definition) is 1. The van der Waals surface area contributed by atoms with Crippen molar-refractivity contribution in [2.75, 3.05) is 7.05 Å². The number of halogens is 2. The van der Waals surface area contributed by atoms with Crippen molar-refractivity contribution < 1.29 is 9.13 Å². The summed E-state index contributed by atoms with van der Waals surface area (Å²) in [5, 5.41) is 3.18. The summed E-state index contributed by atoms with van der Waals surface area (Å²) < 4.78 is 20.7. The predicted octanol–water partition coefficient (Wildman–Crippen LogP) is 4.44. The van der Waals surface area contributed by atoms with Crippen molar-refractivity contribution in [3.63, 3.8) is 0 Å². The van der Waals surface area contributed by atoms with Crippen molar-refractivity contribution in [3.05, 3.63) is 63.9 Å². The van der Waals surface area contributed by atoms with E-state index in [1.54, 1.807) is 6.07 Å². The Hall–Kier alpha value is -1.39. The van der Waals surface area contributed by atoms with Crippen LogP contribution in [0.2, 0.25) is 0 Å². The third kappa shape index (κ3) is 3.44. The lowest BCUT2D eigenvalue weighted by Gasteiger charge is -2.19. The first-order valence-corrected chi connectivity index (χ1v) is 7.85. The zero-order valence-electron chi connectivity index (χ0n) is 11.8. The first kappa shape index (κ1) is 14.5. The first-order chi connectivity index (χ1) is 10.2. The van der Waals surface area contributed by atoms with Gasteiger partial charge in [-0.05, 0) is 49.7 Å². The van der Waals surface area contributed by atoms with Crippen molar-refractivity contribution in [2.24, 2.45) is 0 Å². The standard InChI is InChI=1S/C17H17BrFNO/c1-20-17(15-8-5-12(18)10-16(15)19)11-3-2-4-14(9-11)21-13-6-7-13/h2-5,8-10,13,17,20H,6-7H2,1H3. The molecular formula is C17H17BrFNO. The molecule has 3 rings (SSSR count). The Morgan fingerprint density at radius 1 is 1.24 bits per heavy atom. The Balaban J connectivity index is 1.91. The Kier molecular flexibility index (Phi) is 4.27. The van der Waals surface area contributed by atoms with E-state index < -0.39 is 0 Å². The number of hydrogen-bond acceptors (Lipinski definition) is 2. The maximum absolute atomic E-state index is 14.2. The average molecular weight is 350 g/mol. The lowest BCUT2D eigenvalue weighted by molar-refractivity contribution is 0.302. The van der Waals surface area contributed by atoms with Gasteiger partial charge in [0, 0.05) is 10.0 Å². The SMILES string of the molecule is CNC(c1cccc(OC2CC2)c1)c1ccc(Br)cc1F. The lowest BCUT2D eigenvalue weighted by Crippen LogP contribution is -2.19. The molecule has 1 fully saturated rings. The summed E-state index contributed by atoms with van der Waals surface area (Å²) in [6, 6.07) is 12.8. The minimum Gasteiger partial charge on any atom is -0.490 e. The van der Waals surface area contributed by atoms with Gasteiger partial charge >= 0.3 is 0 Å². The summed E-state index contributed by atoms with van der Waals surface area (Å²) in [4.78, 5) is 0. The molecule has 0 bridgehead atoms. The van der Waals surface area contributed by atoms with Crippen LogP contribution >= 0.6 is 15.9 Å². The molecule has 1 aliphatic carbocycles. The van der Waals surface area contributed by atoms with Gasteiger partial charge < -0.3 is 10.1 Å². The van der Waals surface area contributed by atoms with Crippen LogP contribution in [0.1, 0.15) is 30.0 Å². The van der Waals surface area contributed by atoms with Crippen LogP contribution in [0.25, 0.3) is 0 Å². The molecule has 0 aliphatic heterocycles. The smallest absolute Gasteiger partial charge is 0.129 e. The van der Waals surface area contributed by atoms with Gasteiger partial charge in [-0.3, -0.25) is 0 Å². The van der Waals surface area contributed by atoms with Crippen molar-refractivity contribution in [1.29, 1.82) is 0 Å². The molecule has 2 aromatic carbocycles.